The molecule has 2 rings (SSSR count). The topological polar surface area (TPSA) is 85.8 Å². The van der Waals surface area contributed by atoms with E-state index in [1.165, 1.54) is 31.4 Å². The fourth-order valence-corrected chi connectivity index (χ4v) is 2.05. The Morgan fingerprint density at radius 2 is 2.05 bits per heavy atom. The molecule has 1 aliphatic rings. The molecule has 106 valence electrons. The first kappa shape index (κ1) is 14.0. The number of rotatable bonds is 3. The predicted octanol–water partition coefficient (Wildman–Crippen LogP) is 0.394. The molecule has 0 aromatic carbocycles. The summed E-state index contributed by atoms with van der Waals surface area (Å²) >= 11 is 0. The lowest BCUT2D eigenvalue weighted by atomic mass is 10.1. The number of pyridine rings is 1. The SMILES string of the molecule is COC(=O)c1ccc(N2CC(C(=O)OC)CC2=O)cn1. The molecule has 0 spiro atoms. The summed E-state index contributed by atoms with van der Waals surface area (Å²) in [4.78, 5) is 40.0. The Hall–Kier alpha value is -2.44. The number of methoxy groups -OCH3 is 2. The summed E-state index contributed by atoms with van der Waals surface area (Å²) in [6.45, 7) is 0.255. The molecule has 1 aliphatic heterocycles. The molecule has 1 aromatic rings. The maximum absolute atomic E-state index is 11.9. The molecule has 0 aliphatic carbocycles. The quantitative estimate of drug-likeness (QED) is 0.744. The van der Waals surface area contributed by atoms with Crippen LogP contribution in [-0.2, 0) is 19.1 Å². The second-order valence-corrected chi connectivity index (χ2v) is 4.32. The highest BCUT2D eigenvalue weighted by molar-refractivity contribution is 5.99. The smallest absolute Gasteiger partial charge is 0.356 e. The molecular weight excluding hydrogens is 264 g/mol. The number of carbonyl (C=O) groups is 3. The fraction of sp³-hybridized carbons (Fsp3) is 0.385. The highest BCUT2D eigenvalue weighted by Gasteiger charge is 2.35. The van der Waals surface area contributed by atoms with Gasteiger partial charge in [0.2, 0.25) is 5.91 Å². The second-order valence-electron chi connectivity index (χ2n) is 4.32. The van der Waals surface area contributed by atoms with E-state index in [4.69, 9.17) is 0 Å². The van der Waals surface area contributed by atoms with Crippen molar-refractivity contribution in [3.8, 4) is 0 Å². The number of aromatic nitrogens is 1. The van der Waals surface area contributed by atoms with Crippen molar-refractivity contribution in [2.45, 2.75) is 6.42 Å². The van der Waals surface area contributed by atoms with Crippen LogP contribution >= 0.6 is 0 Å². The molecule has 0 N–H and O–H groups in total. The maximum atomic E-state index is 11.9. The number of nitrogens with zero attached hydrogens (tertiary/aromatic N) is 2. The summed E-state index contributed by atoms with van der Waals surface area (Å²) in [5.41, 5.74) is 0.696. The monoisotopic (exact) mass is 278 g/mol. The van der Waals surface area contributed by atoms with Crippen LogP contribution in [0.2, 0.25) is 0 Å². The zero-order chi connectivity index (χ0) is 14.7. The Morgan fingerprint density at radius 3 is 2.60 bits per heavy atom. The molecule has 7 nitrogen and oxygen atoms in total. The largest absolute Gasteiger partial charge is 0.469 e. The van der Waals surface area contributed by atoms with Crippen LogP contribution in [0.5, 0.6) is 0 Å². The van der Waals surface area contributed by atoms with Crippen molar-refractivity contribution in [3.63, 3.8) is 0 Å². The summed E-state index contributed by atoms with van der Waals surface area (Å²) < 4.78 is 9.18. The predicted molar refractivity (Wildman–Crippen MR) is 68.1 cm³/mol. The highest BCUT2D eigenvalue weighted by Crippen LogP contribution is 2.25. The minimum atomic E-state index is -0.545. The number of amides is 1. The highest BCUT2D eigenvalue weighted by atomic mass is 16.5. The normalized spacial score (nSPS) is 18.0. The van der Waals surface area contributed by atoms with Gasteiger partial charge in [0.1, 0.15) is 5.69 Å². The molecule has 1 atom stereocenters. The molecule has 0 bridgehead atoms. The van der Waals surface area contributed by atoms with Crippen LogP contribution in [0.4, 0.5) is 5.69 Å². The van der Waals surface area contributed by atoms with Crippen LogP contribution in [0.15, 0.2) is 18.3 Å². The average Bonchev–Trinajstić information content (AvgIpc) is 2.87. The number of hydrogen-bond donors (Lipinski definition) is 0. The summed E-state index contributed by atoms with van der Waals surface area (Å²) in [7, 11) is 2.56. The van der Waals surface area contributed by atoms with E-state index in [0.29, 0.717) is 5.69 Å². The van der Waals surface area contributed by atoms with E-state index >= 15 is 0 Å². The van der Waals surface area contributed by atoms with Gasteiger partial charge in [-0.3, -0.25) is 9.59 Å². The molecule has 1 saturated heterocycles. The number of carbonyl (C=O) groups excluding carboxylic acids is 3. The van der Waals surface area contributed by atoms with Gasteiger partial charge in [-0.05, 0) is 12.1 Å². The summed E-state index contributed by atoms with van der Waals surface area (Å²) in [5, 5.41) is 0. The van der Waals surface area contributed by atoms with Crippen molar-refractivity contribution in [1.29, 1.82) is 0 Å². The number of ether oxygens (including phenoxy) is 2. The van der Waals surface area contributed by atoms with Crippen molar-refractivity contribution in [2.24, 2.45) is 5.92 Å². The third-order valence-electron chi connectivity index (χ3n) is 3.11. The Bertz CT molecular complexity index is 540. The van der Waals surface area contributed by atoms with Gasteiger partial charge in [-0.15, -0.1) is 0 Å². The van der Waals surface area contributed by atoms with Gasteiger partial charge in [0, 0.05) is 13.0 Å². The first-order valence-electron chi connectivity index (χ1n) is 5.99. The van der Waals surface area contributed by atoms with Crippen molar-refractivity contribution >= 4 is 23.5 Å². The molecule has 1 amide bonds. The minimum absolute atomic E-state index is 0.116. The van der Waals surface area contributed by atoms with Gasteiger partial charge >= 0.3 is 11.9 Å². The van der Waals surface area contributed by atoms with Crippen LogP contribution in [0, 0.1) is 5.92 Å². The van der Waals surface area contributed by atoms with Gasteiger partial charge in [0.25, 0.3) is 0 Å². The van der Waals surface area contributed by atoms with Crippen molar-refractivity contribution < 1.29 is 23.9 Å². The molecule has 7 heteroatoms. The lowest BCUT2D eigenvalue weighted by Gasteiger charge is -2.15. The van der Waals surface area contributed by atoms with Gasteiger partial charge in [-0.1, -0.05) is 0 Å². The lowest BCUT2D eigenvalue weighted by Crippen LogP contribution is -2.26. The number of hydrogen-bond acceptors (Lipinski definition) is 6. The minimum Gasteiger partial charge on any atom is -0.469 e. The van der Waals surface area contributed by atoms with E-state index in [-0.39, 0.29) is 24.6 Å². The molecule has 0 saturated carbocycles. The third kappa shape index (κ3) is 2.61. The van der Waals surface area contributed by atoms with Crippen LogP contribution in [0.3, 0.4) is 0 Å². The lowest BCUT2D eigenvalue weighted by molar-refractivity contribution is -0.145. The number of esters is 2. The van der Waals surface area contributed by atoms with E-state index in [9.17, 15) is 14.4 Å². The van der Waals surface area contributed by atoms with Crippen LogP contribution in [-0.4, -0.2) is 43.6 Å². The Morgan fingerprint density at radius 1 is 1.30 bits per heavy atom. The Balaban J connectivity index is 2.14. The van der Waals surface area contributed by atoms with Gasteiger partial charge in [0.15, 0.2) is 0 Å². The van der Waals surface area contributed by atoms with Crippen molar-refractivity contribution in [3.05, 3.63) is 24.0 Å². The number of anilines is 1. The first-order valence-corrected chi connectivity index (χ1v) is 5.99. The zero-order valence-electron chi connectivity index (χ0n) is 11.2. The molecule has 1 aromatic heterocycles. The fourth-order valence-electron chi connectivity index (χ4n) is 2.05. The van der Waals surface area contributed by atoms with E-state index in [1.807, 2.05) is 0 Å². The molecule has 0 radical (unpaired) electrons. The van der Waals surface area contributed by atoms with Gasteiger partial charge < -0.3 is 14.4 Å². The van der Waals surface area contributed by atoms with E-state index in [1.54, 1.807) is 6.07 Å². The maximum Gasteiger partial charge on any atom is 0.356 e. The van der Waals surface area contributed by atoms with E-state index in [2.05, 4.69) is 14.5 Å². The summed E-state index contributed by atoms with van der Waals surface area (Å²) in [6.07, 6.45) is 1.52. The zero-order valence-corrected chi connectivity index (χ0v) is 11.2. The molecule has 2 heterocycles. The summed E-state index contributed by atoms with van der Waals surface area (Å²) in [6, 6.07) is 3.07. The molecular formula is C13H14N2O5. The van der Waals surface area contributed by atoms with E-state index in [0.717, 1.165) is 0 Å². The average molecular weight is 278 g/mol. The Kier molecular flexibility index (Phi) is 3.97. The van der Waals surface area contributed by atoms with Crippen LogP contribution in [0.1, 0.15) is 16.9 Å². The Labute approximate surface area is 115 Å². The van der Waals surface area contributed by atoms with Gasteiger partial charge in [-0.25, -0.2) is 9.78 Å². The first-order chi connectivity index (χ1) is 9.56. The van der Waals surface area contributed by atoms with Crippen LogP contribution in [0.25, 0.3) is 0 Å². The molecule has 1 unspecified atom stereocenters. The van der Waals surface area contributed by atoms with Gasteiger partial charge in [0.05, 0.1) is 32.0 Å². The third-order valence-corrected chi connectivity index (χ3v) is 3.11. The van der Waals surface area contributed by atoms with E-state index < -0.39 is 17.9 Å². The molecule has 1 fully saturated rings. The van der Waals surface area contributed by atoms with Crippen molar-refractivity contribution in [1.82, 2.24) is 4.98 Å². The van der Waals surface area contributed by atoms with Crippen LogP contribution < -0.4 is 4.90 Å². The van der Waals surface area contributed by atoms with Gasteiger partial charge in [-0.2, -0.15) is 0 Å². The van der Waals surface area contributed by atoms with Crippen molar-refractivity contribution in [2.75, 3.05) is 25.7 Å². The standard InChI is InChI=1S/C13H14N2O5/c1-19-12(17)8-5-11(16)15(7-8)9-3-4-10(14-6-9)13(18)20-2/h3-4,6,8H,5,7H2,1-2H3. The second kappa shape index (κ2) is 5.68. The molecule has 20 heavy (non-hydrogen) atoms. The summed E-state index contributed by atoms with van der Waals surface area (Å²) in [5.74, 6) is -1.59.